The Morgan fingerprint density at radius 3 is 2.29 bits per heavy atom. The first kappa shape index (κ1) is 24.0. The Kier molecular flexibility index (Phi) is 7.81. The number of aliphatic carboxylic acids is 1. The van der Waals surface area contributed by atoms with Gasteiger partial charge in [-0.25, -0.2) is 4.79 Å². The molecular formula is C29H24ClNO4. The minimum Gasteiger partial charge on any atom is -0.489 e. The summed E-state index contributed by atoms with van der Waals surface area (Å²) < 4.78 is 11.3. The van der Waals surface area contributed by atoms with Crippen LogP contribution in [0.2, 0.25) is 5.02 Å². The van der Waals surface area contributed by atoms with Crippen LogP contribution in [0.25, 0.3) is 16.8 Å². The zero-order valence-corrected chi connectivity index (χ0v) is 19.9. The van der Waals surface area contributed by atoms with Crippen LogP contribution in [0.4, 0.5) is 0 Å². The van der Waals surface area contributed by atoms with Crippen molar-refractivity contribution >= 4 is 23.1 Å². The lowest BCUT2D eigenvalue weighted by atomic mass is 9.96. The fraction of sp³-hybridized carbons (Fsp3) is 0.103. The number of carbonyl (C=O) groups is 1. The number of hydrogen-bond donors (Lipinski definition) is 1. The number of benzene rings is 3. The second kappa shape index (κ2) is 11.4. The third kappa shape index (κ3) is 6.49. The van der Waals surface area contributed by atoms with E-state index in [4.69, 9.17) is 26.2 Å². The van der Waals surface area contributed by atoms with Gasteiger partial charge in [-0.1, -0.05) is 54.1 Å². The third-order valence-corrected chi connectivity index (χ3v) is 5.60. The minimum absolute atomic E-state index is 0.342. The van der Waals surface area contributed by atoms with E-state index in [1.807, 2.05) is 61.5 Å². The molecule has 5 nitrogen and oxygen atoms in total. The van der Waals surface area contributed by atoms with E-state index in [9.17, 15) is 4.79 Å². The molecule has 0 atom stereocenters. The van der Waals surface area contributed by atoms with Crippen LogP contribution in [0.5, 0.6) is 11.5 Å². The van der Waals surface area contributed by atoms with Crippen LogP contribution in [0.15, 0.2) is 97.2 Å². The number of ether oxygens (including phenoxy) is 2. The van der Waals surface area contributed by atoms with Gasteiger partial charge in [0.1, 0.15) is 18.1 Å². The quantitative estimate of drug-likeness (QED) is 0.286. The molecule has 4 rings (SSSR count). The monoisotopic (exact) mass is 485 g/mol. The first-order chi connectivity index (χ1) is 17.0. The molecule has 0 bridgehead atoms. The molecule has 0 aliphatic rings. The van der Waals surface area contributed by atoms with Crippen LogP contribution in [0, 0.1) is 6.92 Å². The van der Waals surface area contributed by atoms with Gasteiger partial charge in [-0.2, -0.15) is 0 Å². The van der Waals surface area contributed by atoms with Gasteiger partial charge in [0.25, 0.3) is 0 Å². The summed E-state index contributed by atoms with van der Waals surface area (Å²) in [6.45, 7) is 1.81. The zero-order chi connectivity index (χ0) is 24.6. The van der Waals surface area contributed by atoms with Crippen molar-refractivity contribution in [3.05, 3.63) is 119 Å². The number of aryl methyl sites for hydroxylation is 1. The summed E-state index contributed by atoms with van der Waals surface area (Å²) in [4.78, 5) is 15.2. The molecule has 0 amide bonds. The summed E-state index contributed by atoms with van der Waals surface area (Å²) in [7, 11) is 0. The highest BCUT2D eigenvalue weighted by molar-refractivity contribution is 6.30. The maximum Gasteiger partial charge on any atom is 0.341 e. The SMILES string of the molecule is Cc1cc(OC/C=C(/c2ccc(Cl)cc2)c2ccc(-c3ccccn3)cc2)ccc1OCC(=O)O. The number of halogens is 1. The summed E-state index contributed by atoms with van der Waals surface area (Å²) in [5.41, 5.74) is 5.86. The Hall–Kier alpha value is -4.09. The maximum absolute atomic E-state index is 10.7. The fourth-order valence-electron chi connectivity index (χ4n) is 3.62. The number of pyridine rings is 1. The molecule has 4 aromatic rings. The summed E-state index contributed by atoms with van der Waals surface area (Å²) >= 11 is 6.11. The first-order valence-corrected chi connectivity index (χ1v) is 11.4. The van der Waals surface area contributed by atoms with Crippen molar-refractivity contribution in [1.82, 2.24) is 4.98 Å². The van der Waals surface area contributed by atoms with Crippen LogP contribution >= 0.6 is 11.6 Å². The van der Waals surface area contributed by atoms with Crippen molar-refractivity contribution < 1.29 is 19.4 Å². The largest absolute Gasteiger partial charge is 0.489 e. The molecule has 35 heavy (non-hydrogen) atoms. The Labute approximate surface area is 209 Å². The van der Waals surface area contributed by atoms with Gasteiger partial charge in [0.05, 0.1) is 5.69 Å². The van der Waals surface area contributed by atoms with Gasteiger partial charge in [0.15, 0.2) is 6.61 Å². The summed E-state index contributed by atoms with van der Waals surface area (Å²) in [5, 5.41) is 9.47. The average molecular weight is 486 g/mol. The van der Waals surface area contributed by atoms with Crippen LogP contribution < -0.4 is 9.47 Å². The Balaban J connectivity index is 1.54. The lowest BCUT2D eigenvalue weighted by molar-refractivity contribution is -0.139. The van der Waals surface area contributed by atoms with Crippen molar-refractivity contribution in [2.24, 2.45) is 0 Å². The first-order valence-electron chi connectivity index (χ1n) is 11.1. The highest BCUT2D eigenvalue weighted by Gasteiger charge is 2.08. The molecule has 1 aromatic heterocycles. The molecule has 1 heterocycles. The van der Waals surface area contributed by atoms with Gasteiger partial charge < -0.3 is 14.6 Å². The summed E-state index contributed by atoms with van der Waals surface area (Å²) in [5.74, 6) is 0.171. The van der Waals surface area contributed by atoms with E-state index >= 15 is 0 Å². The van der Waals surface area contributed by atoms with Crippen molar-refractivity contribution in [3.63, 3.8) is 0 Å². The van der Waals surface area contributed by atoms with Gasteiger partial charge in [-0.3, -0.25) is 4.98 Å². The van der Waals surface area contributed by atoms with Crippen molar-refractivity contribution in [2.75, 3.05) is 13.2 Å². The molecule has 0 aliphatic heterocycles. The Bertz CT molecular complexity index is 1320. The third-order valence-electron chi connectivity index (χ3n) is 5.35. The van der Waals surface area contributed by atoms with Crippen LogP contribution in [-0.2, 0) is 4.79 Å². The summed E-state index contributed by atoms with van der Waals surface area (Å²) in [6, 6.07) is 27.1. The van der Waals surface area contributed by atoms with Gasteiger partial charge in [-0.05, 0) is 77.7 Å². The normalized spacial score (nSPS) is 11.2. The van der Waals surface area contributed by atoms with Gasteiger partial charge >= 0.3 is 5.97 Å². The predicted molar refractivity (Wildman–Crippen MR) is 138 cm³/mol. The molecule has 0 aliphatic carbocycles. The molecule has 0 radical (unpaired) electrons. The molecule has 176 valence electrons. The van der Waals surface area contributed by atoms with Crippen LogP contribution in [0.3, 0.4) is 0 Å². The van der Waals surface area contributed by atoms with E-state index in [2.05, 4.69) is 29.2 Å². The lowest BCUT2D eigenvalue weighted by Crippen LogP contribution is -2.10. The average Bonchev–Trinajstić information content (AvgIpc) is 2.87. The lowest BCUT2D eigenvalue weighted by Gasteiger charge is -2.12. The predicted octanol–water partition coefficient (Wildman–Crippen LogP) is 6.68. The topological polar surface area (TPSA) is 68.7 Å². The fourth-order valence-corrected chi connectivity index (χ4v) is 3.75. The summed E-state index contributed by atoms with van der Waals surface area (Å²) in [6.07, 6.45) is 3.81. The van der Waals surface area contributed by atoms with E-state index < -0.39 is 5.97 Å². The van der Waals surface area contributed by atoms with Crippen molar-refractivity contribution in [1.29, 1.82) is 0 Å². The van der Waals surface area contributed by atoms with Crippen LogP contribution in [0.1, 0.15) is 16.7 Å². The van der Waals surface area contributed by atoms with Gasteiger partial charge in [-0.15, -0.1) is 0 Å². The van der Waals surface area contributed by atoms with Gasteiger partial charge in [0.2, 0.25) is 0 Å². The van der Waals surface area contributed by atoms with E-state index in [1.165, 1.54) is 0 Å². The number of rotatable bonds is 9. The van der Waals surface area contributed by atoms with E-state index in [-0.39, 0.29) is 6.61 Å². The molecule has 0 spiro atoms. The number of nitrogens with zero attached hydrogens (tertiary/aromatic N) is 1. The molecule has 6 heteroatoms. The van der Waals surface area contributed by atoms with E-state index in [1.54, 1.807) is 18.3 Å². The van der Waals surface area contributed by atoms with Gasteiger partial charge in [0, 0.05) is 16.8 Å². The molecule has 3 aromatic carbocycles. The number of carboxylic acid groups (broad SMARTS) is 1. The maximum atomic E-state index is 10.7. The molecule has 0 saturated carbocycles. The number of hydrogen-bond acceptors (Lipinski definition) is 4. The molecule has 0 saturated heterocycles. The Morgan fingerprint density at radius 2 is 1.66 bits per heavy atom. The minimum atomic E-state index is -1.02. The molecular weight excluding hydrogens is 462 g/mol. The van der Waals surface area contributed by atoms with E-state index in [0.717, 1.165) is 33.5 Å². The van der Waals surface area contributed by atoms with Crippen molar-refractivity contribution in [3.8, 4) is 22.8 Å². The Morgan fingerprint density at radius 1 is 0.943 bits per heavy atom. The van der Waals surface area contributed by atoms with Crippen LogP contribution in [-0.4, -0.2) is 29.3 Å². The second-order valence-corrected chi connectivity index (χ2v) is 8.27. The van der Waals surface area contributed by atoms with E-state index in [0.29, 0.717) is 23.1 Å². The zero-order valence-electron chi connectivity index (χ0n) is 19.1. The highest BCUT2D eigenvalue weighted by atomic mass is 35.5. The number of aromatic nitrogens is 1. The standard InChI is InChI=1S/C29H24ClNO4/c1-20-18-25(13-14-28(20)35-19-29(32)33)34-17-15-26(22-9-11-24(30)12-10-22)21-5-7-23(8-6-21)27-4-2-3-16-31-27/h2-16,18H,17,19H2,1H3,(H,32,33)/b26-15+. The highest BCUT2D eigenvalue weighted by Crippen LogP contribution is 2.28. The smallest absolute Gasteiger partial charge is 0.341 e. The van der Waals surface area contributed by atoms with Crippen molar-refractivity contribution in [2.45, 2.75) is 6.92 Å². The molecule has 0 fully saturated rings. The molecule has 0 unspecified atom stereocenters. The number of carboxylic acids is 1. The second-order valence-electron chi connectivity index (χ2n) is 7.84. The molecule has 1 N–H and O–H groups in total.